The lowest BCUT2D eigenvalue weighted by Crippen LogP contribution is -2.61. The summed E-state index contributed by atoms with van der Waals surface area (Å²) in [4.78, 5) is 12.1. The normalized spacial score (nSPS) is 22.8. The Labute approximate surface area is 134 Å². The number of amides is 1. The van der Waals surface area contributed by atoms with Crippen LogP contribution in [-0.2, 0) is 19.7 Å². The molecule has 128 valence electrons. The Morgan fingerprint density at radius 2 is 1.70 bits per heavy atom. The van der Waals surface area contributed by atoms with Gasteiger partial charge in [-0.2, -0.15) is 0 Å². The third-order valence-corrected chi connectivity index (χ3v) is 7.05. The van der Waals surface area contributed by atoms with Gasteiger partial charge in [-0.25, -0.2) is 21.6 Å². The third-order valence-electron chi connectivity index (χ3n) is 3.70. The number of hydrogen-bond donors (Lipinski definition) is 2. The highest BCUT2D eigenvalue weighted by atomic mass is 32.2. The van der Waals surface area contributed by atoms with E-state index in [4.69, 9.17) is 0 Å². The SMILES string of the molecule is CC1NCCN(C(=O)O)C1S(=O)(=O)c1ccc(S(C)(=O)=O)cc1. The summed E-state index contributed by atoms with van der Waals surface area (Å²) in [5.41, 5.74) is 0. The summed E-state index contributed by atoms with van der Waals surface area (Å²) in [7, 11) is -7.42. The van der Waals surface area contributed by atoms with Crippen LogP contribution in [-0.4, -0.2) is 63.7 Å². The molecule has 1 aliphatic rings. The molecule has 1 aromatic rings. The second-order valence-corrected chi connectivity index (χ2v) is 9.46. The smallest absolute Gasteiger partial charge is 0.408 e. The highest BCUT2D eigenvalue weighted by Gasteiger charge is 2.42. The van der Waals surface area contributed by atoms with Gasteiger partial charge in [-0.05, 0) is 31.2 Å². The van der Waals surface area contributed by atoms with Gasteiger partial charge in [0.1, 0.15) is 0 Å². The minimum absolute atomic E-state index is 0.00126. The maximum atomic E-state index is 12.8. The van der Waals surface area contributed by atoms with E-state index in [9.17, 15) is 26.7 Å². The van der Waals surface area contributed by atoms with Crippen LogP contribution in [0.3, 0.4) is 0 Å². The number of benzene rings is 1. The summed E-state index contributed by atoms with van der Waals surface area (Å²) >= 11 is 0. The Balaban J connectivity index is 2.45. The third kappa shape index (κ3) is 3.48. The summed E-state index contributed by atoms with van der Waals surface area (Å²) in [5.74, 6) is 0. The quantitative estimate of drug-likeness (QED) is 0.786. The zero-order chi connectivity index (χ0) is 17.4. The van der Waals surface area contributed by atoms with Gasteiger partial charge in [0.15, 0.2) is 15.2 Å². The molecule has 2 unspecified atom stereocenters. The van der Waals surface area contributed by atoms with E-state index in [0.29, 0.717) is 6.54 Å². The van der Waals surface area contributed by atoms with Crippen molar-refractivity contribution in [2.24, 2.45) is 0 Å². The fourth-order valence-electron chi connectivity index (χ4n) is 2.57. The molecule has 1 fully saturated rings. The Morgan fingerprint density at radius 1 is 1.17 bits per heavy atom. The molecule has 10 heteroatoms. The first-order valence-corrected chi connectivity index (χ1v) is 10.3. The number of carboxylic acid groups (broad SMARTS) is 1. The molecular formula is C13H18N2O6S2. The van der Waals surface area contributed by atoms with Crippen LogP contribution in [0.1, 0.15) is 6.92 Å². The molecule has 0 aromatic heterocycles. The molecule has 2 atom stereocenters. The van der Waals surface area contributed by atoms with Gasteiger partial charge < -0.3 is 10.4 Å². The van der Waals surface area contributed by atoms with E-state index in [1.165, 1.54) is 24.3 Å². The average Bonchev–Trinajstić information content (AvgIpc) is 2.45. The molecule has 1 aromatic carbocycles. The number of nitrogens with one attached hydrogen (secondary N) is 1. The molecule has 2 rings (SSSR count). The molecule has 1 aliphatic heterocycles. The van der Waals surface area contributed by atoms with Crippen molar-refractivity contribution in [1.29, 1.82) is 0 Å². The fraction of sp³-hybridized carbons (Fsp3) is 0.462. The maximum Gasteiger partial charge on any atom is 0.408 e. The van der Waals surface area contributed by atoms with Gasteiger partial charge in [-0.3, -0.25) is 4.90 Å². The number of hydrogen-bond acceptors (Lipinski definition) is 6. The van der Waals surface area contributed by atoms with Gasteiger partial charge in [0, 0.05) is 25.4 Å². The van der Waals surface area contributed by atoms with Gasteiger partial charge >= 0.3 is 6.09 Å². The van der Waals surface area contributed by atoms with Gasteiger partial charge in [0.05, 0.1) is 9.79 Å². The summed E-state index contributed by atoms with van der Waals surface area (Å²) in [6.07, 6.45) is -0.282. The fourth-order valence-corrected chi connectivity index (χ4v) is 5.16. The Morgan fingerprint density at radius 3 is 2.17 bits per heavy atom. The lowest BCUT2D eigenvalue weighted by atomic mass is 10.2. The molecule has 8 nitrogen and oxygen atoms in total. The molecule has 0 radical (unpaired) electrons. The van der Waals surface area contributed by atoms with Crippen molar-refractivity contribution in [3.8, 4) is 0 Å². The zero-order valence-corrected chi connectivity index (χ0v) is 14.3. The molecule has 0 bridgehead atoms. The van der Waals surface area contributed by atoms with Crippen LogP contribution >= 0.6 is 0 Å². The lowest BCUT2D eigenvalue weighted by Gasteiger charge is -2.38. The number of nitrogens with zero attached hydrogens (tertiary/aromatic N) is 1. The minimum atomic E-state index is -3.98. The predicted octanol–water partition coefficient (Wildman–Crippen LogP) is 0.162. The van der Waals surface area contributed by atoms with E-state index in [1.807, 2.05) is 0 Å². The van der Waals surface area contributed by atoms with Gasteiger partial charge in [0.25, 0.3) is 0 Å². The van der Waals surface area contributed by atoms with Crippen molar-refractivity contribution in [3.63, 3.8) is 0 Å². The van der Waals surface area contributed by atoms with Crippen LogP contribution in [0.15, 0.2) is 34.1 Å². The Bertz CT molecular complexity index is 801. The largest absolute Gasteiger partial charge is 0.465 e. The molecule has 0 aliphatic carbocycles. The van der Waals surface area contributed by atoms with E-state index in [-0.39, 0.29) is 16.3 Å². The molecular weight excluding hydrogens is 344 g/mol. The topological polar surface area (TPSA) is 121 Å². The number of piperazine rings is 1. The predicted molar refractivity (Wildman–Crippen MR) is 82.7 cm³/mol. The first kappa shape index (κ1) is 17.7. The average molecular weight is 362 g/mol. The highest BCUT2D eigenvalue weighted by molar-refractivity contribution is 7.92. The molecule has 1 amide bonds. The standard InChI is InChI=1S/C13H18N2O6S2/c1-9-12(15(13(16)17)8-7-14-9)23(20,21)11-5-3-10(4-6-11)22(2,18)19/h3-6,9,12,14H,7-8H2,1-2H3,(H,16,17). The monoisotopic (exact) mass is 362 g/mol. The second-order valence-electron chi connectivity index (χ2n) is 5.40. The van der Waals surface area contributed by atoms with Gasteiger partial charge in [-0.15, -0.1) is 0 Å². The maximum absolute atomic E-state index is 12.8. The second kappa shape index (κ2) is 6.10. The number of sulfone groups is 2. The molecule has 0 spiro atoms. The van der Waals surface area contributed by atoms with Crippen LogP contribution in [0.5, 0.6) is 0 Å². The highest BCUT2D eigenvalue weighted by Crippen LogP contribution is 2.24. The van der Waals surface area contributed by atoms with Crippen molar-refractivity contribution in [2.75, 3.05) is 19.3 Å². The summed E-state index contributed by atoms with van der Waals surface area (Å²) in [5, 5.41) is 10.9. The van der Waals surface area contributed by atoms with E-state index < -0.39 is 37.2 Å². The van der Waals surface area contributed by atoms with E-state index in [1.54, 1.807) is 6.92 Å². The Hall–Kier alpha value is -1.65. The van der Waals surface area contributed by atoms with Crippen molar-refractivity contribution in [3.05, 3.63) is 24.3 Å². The molecule has 23 heavy (non-hydrogen) atoms. The molecule has 1 saturated heterocycles. The Kier molecular flexibility index (Phi) is 4.69. The van der Waals surface area contributed by atoms with Crippen LogP contribution < -0.4 is 5.32 Å². The summed E-state index contributed by atoms with van der Waals surface area (Å²) in [6.45, 7) is 2.03. The van der Waals surface area contributed by atoms with Crippen LogP contribution in [0.4, 0.5) is 4.79 Å². The molecule has 1 heterocycles. The van der Waals surface area contributed by atoms with Crippen LogP contribution in [0.25, 0.3) is 0 Å². The first-order chi connectivity index (χ1) is 10.5. The van der Waals surface area contributed by atoms with Crippen molar-refractivity contribution < 1.29 is 26.7 Å². The van der Waals surface area contributed by atoms with Crippen LogP contribution in [0, 0.1) is 0 Å². The van der Waals surface area contributed by atoms with Crippen molar-refractivity contribution >= 4 is 25.8 Å². The van der Waals surface area contributed by atoms with Gasteiger partial charge in [0.2, 0.25) is 9.84 Å². The summed E-state index contributed by atoms with van der Waals surface area (Å²) in [6, 6.07) is 4.20. The minimum Gasteiger partial charge on any atom is -0.465 e. The molecule has 0 saturated carbocycles. The van der Waals surface area contributed by atoms with E-state index in [2.05, 4.69) is 5.32 Å². The first-order valence-electron chi connectivity index (χ1n) is 6.82. The lowest BCUT2D eigenvalue weighted by molar-refractivity contribution is 0.119. The van der Waals surface area contributed by atoms with E-state index in [0.717, 1.165) is 11.2 Å². The van der Waals surface area contributed by atoms with Crippen molar-refractivity contribution in [2.45, 2.75) is 28.1 Å². The van der Waals surface area contributed by atoms with Crippen molar-refractivity contribution in [1.82, 2.24) is 10.2 Å². The molecule has 2 N–H and O–H groups in total. The number of carbonyl (C=O) groups is 1. The number of rotatable bonds is 3. The van der Waals surface area contributed by atoms with Crippen LogP contribution in [0.2, 0.25) is 0 Å². The summed E-state index contributed by atoms with van der Waals surface area (Å²) < 4.78 is 48.4. The zero-order valence-electron chi connectivity index (χ0n) is 12.6. The van der Waals surface area contributed by atoms with Gasteiger partial charge in [-0.1, -0.05) is 0 Å². The van der Waals surface area contributed by atoms with E-state index >= 15 is 0 Å².